The first-order valence-corrected chi connectivity index (χ1v) is 3.92. The summed E-state index contributed by atoms with van der Waals surface area (Å²) in [4.78, 5) is 24.1. The summed E-state index contributed by atoms with van der Waals surface area (Å²) in [6.45, 7) is 1.38. The Kier molecular flexibility index (Phi) is 3.14. The van der Waals surface area contributed by atoms with Crippen molar-refractivity contribution < 1.29 is 34.4 Å². The maximum Gasteiger partial charge on any atom is 0.512 e. The first-order chi connectivity index (χ1) is 7.40. The molecule has 0 radical (unpaired) electrons. The lowest BCUT2D eigenvalue weighted by molar-refractivity contribution is 0.130. The van der Waals surface area contributed by atoms with Crippen LogP contribution in [0.4, 0.5) is 9.59 Å². The highest BCUT2D eigenvalue weighted by molar-refractivity contribution is 5.66. The molecule has 86 valence electrons. The van der Waals surface area contributed by atoms with Crippen LogP contribution < -0.4 is 9.47 Å². The van der Waals surface area contributed by atoms with Crippen LogP contribution in [-0.4, -0.2) is 32.6 Å². The molecule has 0 aliphatic rings. The highest BCUT2D eigenvalue weighted by atomic mass is 16.7. The summed E-state index contributed by atoms with van der Waals surface area (Å²) in [5.74, 6) is -1.39. The normalized spacial score (nSPS) is 9.56. The van der Waals surface area contributed by atoms with Gasteiger partial charge in [-0.25, -0.2) is 14.6 Å². The van der Waals surface area contributed by atoms with Crippen molar-refractivity contribution in [1.82, 2.24) is 4.98 Å². The van der Waals surface area contributed by atoms with Crippen molar-refractivity contribution in [1.29, 1.82) is 0 Å². The molecular weight excluding hydrogens is 222 g/mol. The first-order valence-electron chi connectivity index (χ1n) is 3.92. The SMILES string of the molecule is Cc1nc(OC(=O)O)c(OC(=O)O)cc1O. The minimum absolute atomic E-state index is 0.0778. The van der Waals surface area contributed by atoms with Crippen molar-refractivity contribution in [2.75, 3.05) is 0 Å². The van der Waals surface area contributed by atoms with E-state index in [0.717, 1.165) is 6.07 Å². The number of aryl methyl sites for hydroxylation is 1. The fraction of sp³-hybridized carbons (Fsp3) is 0.125. The van der Waals surface area contributed by atoms with Crippen LogP contribution in [0.2, 0.25) is 0 Å². The number of hydrogen-bond donors (Lipinski definition) is 3. The van der Waals surface area contributed by atoms with Gasteiger partial charge in [0.2, 0.25) is 5.75 Å². The molecule has 0 atom stereocenters. The van der Waals surface area contributed by atoms with Gasteiger partial charge in [-0.15, -0.1) is 0 Å². The molecule has 8 nitrogen and oxygen atoms in total. The van der Waals surface area contributed by atoms with Gasteiger partial charge in [0.15, 0.2) is 0 Å². The molecule has 0 aliphatic heterocycles. The van der Waals surface area contributed by atoms with Crippen LogP contribution in [0.3, 0.4) is 0 Å². The summed E-state index contributed by atoms with van der Waals surface area (Å²) in [6, 6.07) is 0.898. The van der Waals surface area contributed by atoms with Gasteiger partial charge in [0.05, 0.1) is 5.69 Å². The van der Waals surface area contributed by atoms with Crippen LogP contribution >= 0.6 is 0 Å². The van der Waals surface area contributed by atoms with Crippen molar-refractivity contribution in [3.05, 3.63) is 11.8 Å². The van der Waals surface area contributed by atoms with Gasteiger partial charge in [0.25, 0.3) is 5.88 Å². The Hall–Kier alpha value is -2.51. The number of nitrogens with zero attached hydrogens (tertiary/aromatic N) is 1. The molecule has 0 bridgehead atoms. The zero-order valence-corrected chi connectivity index (χ0v) is 8.00. The number of ether oxygens (including phenoxy) is 2. The molecule has 1 aromatic heterocycles. The lowest BCUT2D eigenvalue weighted by atomic mass is 10.3. The van der Waals surface area contributed by atoms with Crippen LogP contribution in [0, 0.1) is 6.92 Å². The number of rotatable bonds is 2. The zero-order chi connectivity index (χ0) is 12.3. The van der Waals surface area contributed by atoms with Gasteiger partial charge in [0, 0.05) is 6.07 Å². The molecule has 0 unspecified atom stereocenters. The van der Waals surface area contributed by atoms with Crippen LogP contribution in [0.15, 0.2) is 6.07 Å². The van der Waals surface area contributed by atoms with Crippen LogP contribution in [-0.2, 0) is 0 Å². The molecule has 1 rings (SSSR count). The maximum absolute atomic E-state index is 10.3. The van der Waals surface area contributed by atoms with Crippen LogP contribution in [0.1, 0.15) is 5.69 Å². The van der Waals surface area contributed by atoms with Crippen LogP contribution in [0.5, 0.6) is 17.4 Å². The van der Waals surface area contributed by atoms with E-state index >= 15 is 0 Å². The standard InChI is InChI=1S/C8H7NO7/c1-3-4(10)2-5(15-7(11)12)6(9-3)16-8(13)14/h2,10H,1H3,(H,11,12)(H,13,14). The molecule has 8 heteroatoms. The molecular formula is C8H7NO7. The Labute approximate surface area is 88.7 Å². The van der Waals surface area contributed by atoms with E-state index in [9.17, 15) is 14.7 Å². The molecule has 0 spiro atoms. The fourth-order valence-electron chi connectivity index (χ4n) is 0.878. The minimum atomic E-state index is -1.68. The Morgan fingerprint density at radius 2 is 1.81 bits per heavy atom. The van der Waals surface area contributed by atoms with E-state index in [-0.39, 0.29) is 11.4 Å². The number of carbonyl (C=O) groups is 2. The maximum atomic E-state index is 10.3. The molecule has 16 heavy (non-hydrogen) atoms. The summed E-state index contributed by atoms with van der Waals surface area (Å²) in [6.07, 6.45) is -3.35. The topological polar surface area (TPSA) is 126 Å². The molecule has 1 heterocycles. The third-order valence-corrected chi connectivity index (χ3v) is 1.50. The second-order valence-corrected chi connectivity index (χ2v) is 2.63. The highest BCUT2D eigenvalue weighted by Gasteiger charge is 2.16. The van der Waals surface area contributed by atoms with E-state index in [1.54, 1.807) is 0 Å². The third-order valence-electron chi connectivity index (χ3n) is 1.50. The van der Waals surface area contributed by atoms with Crippen molar-refractivity contribution in [2.45, 2.75) is 6.92 Å². The minimum Gasteiger partial charge on any atom is -0.506 e. The monoisotopic (exact) mass is 229 g/mol. The van der Waals surface area contributed by atoms with Crippen molar-refractivity contribution in [3.8, 4) is 17.4 Å². The second kappa shape index (κ2) is 4.34. The Morgan fingerprint density at radius 1 is 1.25 bits per heavy atom. The van der Waals surface area contributed by atoms with Crippen molar-refractivity contribution in [2.24, 2.45) is 0 Å². The lowest BCUT2D eigenvalue weighted by Crippen LogP contribution is -2.10. The zero-order valence-electron chi connectivity index (χ0n) is 8.00. The van der Waals surface area contributed by atoms with Gasteiger partial charge in [-0.1, -0.05) is 0 Å². The Morgan fingerprint density at radius 3 is 2.31 bits per heavy atom. The summed E-state index contributed by atoms with van der Waals surface area (Å²) in [7, 11) is 0. The third kappa shape index (κ3) is 2.74. The summed E-state index contributed by atoms with van der Waals surface area (Å²) < 4.78 is 8.38. The van der Waals surface area contributed by atoms with Crippen LogP contribution in [0.25, 0.3) is 0 Å². The van der Waals surface area contributed by atoms with E-state index in [0.29, 0.717) is 0 Å². The van der Waals surface area contributed by atoms with E-state index in [2.05, 4.69) is 14.5 Å². The lowest BCUT2D eigenvalue weighted by Gasteiger charge is -2.07. The molecule has 0 amide bonds. The number of carboxylic acid groups (broad SMARTS) is 2. The molecule has 0 saturated carbocycles. The number of hydrogen-bond acceptors (Lipinski definition) is 6. The van der Waals surface area contributed by atoms with E-state index in [4.69, 9.17) is 10.2 Å². The molecule has 0 saturated heterocycles. The van der Waals surface area contributed by atoms with Gasteiger partial charge < -0.3 is 24.8 Å². The summed E-state index contributed by atoms with van der Waals surface area (Å²) >= 11 is 0. The number of pyridine rings is 1. The van der Waals surface area contributed by atoms with E-state index < -0.39 is 23.9 Å². The smallest absolute Gasteiger partial charge is 0.506 e. The van der Waals surface area contributed by atoms with Gasteiger partial charge in [-0.3, -0.25) is 0 Å². The number of aromatic hydroxyl groups is 1. The number of aromatic nitrogens is 1. The average Bonchev–Trinajstić information content (AvgIpc) is 2.11. The second-order valence-electron chi connectivity index (χ2n) is 2.63. The van der Waals surface area contributed by atoms with Crippen molar-refractivity contribution in [3.63, 3.8) is 0 Å². The molecule has 3 N–H and O–H groups in total. The first kappa shape index (κ1) is 11.6. The largest absolute Gasteiger partial charge is 0.512 e. The molecule has 0 aromatic carbocycles. The molecule has 0 aliphatic carbocycles. The fourth-order valence-corrected chi connectivity index (χ4v) is 0.878. The summed E-state index contributed by atoms with van der Waals surface area (Å²) in [5, 5.41) is 25.9. The Bertz CT molecular complexity index is 401. The average molecular weight is 229 g/mol. The Balaban J connectivity index is 3.15. The van der Waals surface area contributed by atoms with E-state index in [1.165, 1.54) is 6.92 Å². The van der Waals surface area contributed by atoms with Gasteiger partial charge in [-0.05, 0) is 6.92 Å². The van der Waals surface area contributed by atoms with E-state index in [1.807, 2.05) is 0 Å². The highest BCUT2D eigenvalue weighted by Crippen LogP contribution is 2.30. The predicted octanol–water partition coefficient (Wildman–Crippen LogP) is 1.21. The molecule has 1 aromatic rings. The van der Waals surface area contributed by atoms with Gasteiger partial charge in [0.1, 0.15) is 5.75 Å². The van der Waals surface area contributed by atoms with Gasteiger partial charge in [-0.2, -0.15) is 0 Å². The quantitative estimate of drug-likeness (QED) is 0.645. The molecule has 0 fully saturated rings. The van der Waals surface area contributed by atoms with Gasteiger partial charge >= 0.3 is 12.3 Å². The summed E-state index contributed by atoms with van der Waals surface area (Å²) in [5.41, 5.74) is 0.0778. The predicted molar refractivity (Wildman–Crippen MR) is 47.9 cm³/mol. The van der Waals surface area contributed by atoms with Crippen molar-refractivity contribution >= 4 is 12.3 Å².